The molecule has 0 aliphatic heterocycles. The summed E-state index contributed by atoms with van der Waals surface area (Å²) >= 11 is 0. The van der Waals surface area contributed by atoms with Gasteiger partial charge in [0.1, 0.15) is 12.4 Å². The highest BCUT2D eigenvalue weighted by Gasteiger charge is 2.14. The third-order valence-corrected chi connectivity index (χ3v) is 2.99. The molecule has 0 saturated carbocycles. The van der Waals surface area contributed by atoms with Gasteiger partial charge in [-0.25, -0.2) is 4.79 Å². The molecular weight excluding hydrogens is 240 g/mol. The number of esters is 1. The number of methoxy groups -OCH3 is 1. The topological polar surface area (TPSA) is 35.5 Å². The molecule has 0 fully saturated rings. The molecule has 0 N–H and O–H groups in total. The maximum atomic E-state index is 11.6. The fraction of sp³-hybridized carbons (Fsp3) is 0.312. The molecule has 2 aromatic carbocycles. The Balaban J connectivity index is 2.48. The molecule has 100 valence electrons. The van der Waals surface area contributed by atoms with Crippen molar-refractivity contribution >= 4 is 16.7 Å². The Morgan fingerprint density at radius 1 is 1.16 bits per heavy atom. The Labute approximate surface area is 113 Å². The lowest BCUT2D eigenvalue weighted by Crippen LogP contribution is -2.15. The number of hydrogen-bond acceptors (Lipinski definition) is 3. The minimum Gasteiger partial charge on any atom is -0.425 e. The number of rotatable bonds is 4. The van der Waals surface area contributed by atoms with Gasteiger partial charge >= 0.3 is 5.97 Å². The first-order valence-electron chi connectivity index (χ1n) is 6.34. The number of hydrogen-bond donors (Lipinski definition) is 0. The molecule has 0 heterocycles. The lowest BCUT2D eigenvalue weighted by atomic mass is 9.95. The zero-order valence-electron chi connectivity index (χ0n) is 11.5. The first-order chi connectivity index (χ1) is 9.13. The van der Waals surface area contributed by atoms with E-state index >= 15 is 0 Å². The van der Waals surface area contributed by atoms with E-state index in [4.69, 9.17) is 9.47 Å². The second-order valence-electron chi connectivity index (χ2n) is 4.76. The van der Waals surface area contributed by atoms with Crippen LogP contribution in [-0.2, 0) is 9.53 Å². The summed E-state index contributed by atoms with van der Waals surface area (Å²) in [4.78, 5) is 11.6. The van der Waals surface area contributed by atoms with Crippen LogP contribution in [-0.4, -0.2) is 19.7 Å². The molecule has 0 saturated heterocycles. The molecule has 0 spiro atoms. The minimum atomic E-state index is -0.375. The number of ether oxygens (including phenoxy) is 2. The fourth-order valence-electron chi connectivity index (χ4n) is 2.23. The summed E-state index contributed by atoms with van der Waals surface area (Å²) in [7, 11) is 1.48. The van der Waals surface area contributed by atoms with Crippen LogP contribution >= 0.6 is 0 Å². The van der Waals surface area contributed by atoms with Gasteiger partial charge in [-0.2, -0.15) is 0 Å². The van der Waals surface area contributed by atoms with Crippen LogP contribution in [0.25, 0.3) is 10.8 Å². The first-order valence-corrected chi connectivity index (χ1v) is 6.34. The Morgan fingerprint density at radius 2 is 1.89 bits per heavy atom. The molecule has 3 heteroatoms. The van der Waals surface area contributed by atoms with Gasteiger partial charge in [0.25, 0.3) is 0 Å². The van der Waals surface area contributed by atoms with Crippen LogP contribution in [0.3, 0.4) is 0 Å². The van der Waals surface area contributed by atoms with Crippen LogP contribution in [0.4, 0.5) is 0 Å². The van der Waals surface area contributed by atoms with E-state index in [0.717, 1.165) is 16.3 Å². The van der Waals surface area contributed by atoms with Crippen LogP contribution in [0.1, 0.15) is 25.3 Å². The van der Waals surface area contributed by atoms with Gasteiger partial charge in [0.2, 0.25) is 0 Å². The number of benzene rings is 2. The second kappa shape index (κ2) is 5.85. The molecule has 0 aliphatic rings. The lowest BCUT2D eigenvalue weighted by Gasteiger charge is -2.15. The van der Waals surface area contributed by atoms with Crippen molar-refractivity contribution in [2.45, 2.75) is 19.8 Å². The molecule has 0 radical (unpaired) electrons. The predicted octanol–water partition coefficient (Wildman–Crippen LogP) is 3.52. The number of fused-ring (bicyclic) bond motifs is 1. The fourth-order valence-corrected chi connectivity index (χ4v) is 2.23. The van der Waals surface area contributed by atoms with Gasteiger partial charge in [0.15, 0.2) is 0 Å². The molecule has 19 heavy (non-hydrogen) atoms. The van der Waals surface area contributed by atoms with Crippen LogP contribution in [0.2, 0.25) is 0 Å². The van der Waals surface area contributed by atoms with Crippen molar-refractivity contribution < 1.29 is 14.3 Å². The van der Waals surface area contributed by atoms with E-state index in [1.165, 1.54) is 7.11 Å². The Bertz CT molecular complexity index is 588. The maximum Gasteiger partial charge on any atom is 0.337 e. The zero-order chi connectivity index (χ0) is 13.8. The summed E-state index contributed by atoms with van der Waals surface area (Å²) in [5.74, 6) is 0.520. The standard InChI is InChI=1S/C16H18O3/c1-11(2)16-13-7-5-4-6-12(13)8-9-14(16)19-15(17)10-18-3/h4-9,11H,10H2,1-3H3. The molecule has 0 atom stereocenters. The third kappa shape index (κ3) is 2.93. The molecule has 0 bridgehead atoms. The summed E-state index contributed by atoms with van der Waals surface area (Å²) in [6.45, 7) is 4.15. The van der Waals surface area contributed by atoms with E-state index in [9.17, 15) is 4.79 Å². The van der Waals surface area contributed by atoms with Gasteiger partial charge in [-0.3, -0.25) is 0 Å². The third-order valence-electron chi connectivity index (χ3n) is 2.99. The van der Waals surface area contributed by atoms with Crippen molar-refractivity contribution in [3.05, 3.63) is 42.0 Å². The summed E-state index contributed by atoms with van der Waals surface area (Å²) in [5.41, 5.74) is 1.06. The molecule has 2 aromatic rings. The van der Waals surface area contributed by atoms with Gasteiger partial charge in [-0.15, -0.1) is 0 Å². The highest BCUT2D eigenvalue weighted by Crippen LogP contribution is 2.33. The molecule has 0 unspecified atom stereocenters. The average Bonchev–Trinajstić information content (AvgIpc) is 2.38. The van der Waals surface area contributed by atoms with Gasteiger partial charge in [-0.1, -0.05) is 44.2 Å². The molecule has 0 aliphatic carbocycles. The Morgan fingerprint density at radius 3 is 2.58 bits per heavy atom. The summed E-state index contributed by atoms with van der Waals surface area (Å²) in [6.07, 6.45) is 0. The summed E-state index contributed by atoms with van der Waals surface area (Å²) < 4.78 is 10.2. The molecule has 0 aromatic heterocycles. The smallest absolute Gasteiger partial charge is 0.337 e. The molecule has 0 amide bonds. The van der Waals surface area contributed by atoms with Crippen LogP contribution in [0.5, 0.6) is 5.75 Å². The van der Waals surface area contributed by atoms with Crippen molar-refractivity contribution in [2.24, 2.45) is 0 Å². The maximum absolute atomic E-state index is 11.6. The summed E-state index contributed by atoms with van der Waals surface area (Å²) in [6, 6.07) is 11.9. The van der Waals surface area contributed by atoms with Crippen LogP contribution < -0.4 is 4.74 Å². The monoisotopic (exact) mass is 258 g/mol. The van der Waals surface area contributed by atoms with E-state index in [-0.39, 0.29) is 18.5 Å². The van der Waals surface area contributed by atoms with Crippen LogP contribution in [0.15, 0.2) is 36.4 Å². The van der Waals surface area contributed by atoms with Crippen molar-refractivity contribution in [1.29, 1.82) is 0 Å². The van der Waals surface area contributed by atoms with Crippen molar-refractivity contribution in [3.8, 4) is 5.75 Å². The summed E-state index contributed by atoms with van der Waals surface area (Å²) in [5, 5.41) is 2.28. The molecule has 2 rings (SSSR count). The predicted molar refractivity (Wildman–Crippen MR) is 75.5 cm³/mol. The first kappa shape index (κ1) is 13.6. The van der Waals surface area contributed by atoms with Crippen molar-refractivity contribution in [3.63, 3.8) is 0 Å². The van der Waals surface area contributed by atoms with Gasteiger partial charge in [0, 0.05) is 12.7 Å². The Hall–Kier alpha value is -1.87. The van der Waals surface area contributed by atoms with E-state index in [2.05, 4.69) is 26.0 Å². The quantitative estimate of drug-likeness (QED) is 0.622. The minimum absolute atomic E-state index is 0.0373. The van der Waals surface area contributed by atoms with E-state index in [0.29, 0.717) is 5.75 Å². The number of carbonyl (C=O) groups is 1. The van der Waals surface area contributed by atoms with Gasteiger partial charge in [-0.05, 0) is 22.8 Å². The highest BCUT2D eigenvalue weighted by atomic mass is 16.6. The van der Waals surface area contributed by atoms with Gasteiger partial charge in [0.05, 0.1) is 0 Å². The van der Waals surface area contributed by atoms with Crippen LogP contribution in [0, 0.1) is 0 Å². The van der Waals surface area contributed by atoms with Gasteiger partial charge < -0.3 is 9.47 Å². The highest BCUT2D eigenvalue weighted by molar-refractivity contribution is 5.89. The largest absolute Gasteiger partial charge is 0.425 e. The SMILES string of the molecule is COCC(=O)Oc1ccc2ccccc2c1C(C)C. The normalized spacial score (nSPS) is 10.9. The molecule has 3 nitrogen and oxygen atoms in total. The van der Waals surface area contributed by atoms with E-state index in [1.54, 1.807) is 0 Å². The average molecular weight is 258 g/mol. The van der Waals surface area contributed by atoms with E-state index < -0.39 is 0 Å². The van der Waals surface area contributed by atoms with E-state index in [1.807, 2.05) is 24.3 Å². The van der Waals surface area contributed by atoms with Crippen molar-refractivity contribution in [2.75, 3.05) is 13.7 Å². The lowest BCUT2D eigenvalue weighted by molar-refractivity contribution is -0.138. The Kier molecular flexibility index (Phi) is 4.17. The second-order valence-corrected chi connectivity index (χ2v) is 4.76. The number of carbonyl (C=O) groups excluding carboxylic acids is 1. The van der Waals surface area contributed by atoms with Crippen molar-refractivity contribution in [1.82, 2.24) is 0 Å². The molecular formula is C16H18O3. The zero-order valence-corrected chi connectivity index (χ0v) is 11.5.